The first-order chi connectivity index (χ1) is 9.72. The van der Waals surface area contributed by atoms with E-state index >= 15 is 0 Å². The molecule has 1 aromatic carbocycles. The molecule has 1 aromatic rings. The van der Waals surface area contributed by atoms with Crippen molar-refractivity contribution in [1.29, 1.82) is 0 Å². The first-order valence-corrected chi connectivity index (χ1v) is 8.06. The minimum atomic E-state index is 0.903. The molecule has 0 amide bonds. The molecule has 0 atom stereocenters. The first kappa shape index (κ1) is 17.2. The van der Waals surface area contributed by atoms with Crippen LogP contribution in [-0.4, -0.2) is 31.0 Å². The average Bonchev–Trinajstić information content (AvgIpc) is 2.45. The van der Waals surface area contributed by atoms with Crippen molar-refractivity contribution in [2.75, 3.05) is 5.75 Å². The van der Waals surface area contributed by atoms with Crippen LogP contribution in [0.4, 0.5) is 0 Å². The van der Waals surface area contributed by atoms with Crippen LogP contribution in [0.1, 0.15) is 43.4 Å². The van der Waals surface area contributed by atoms with E-state index in [0.717, 1.165) is 18.5 Å². The summed E-state index contributed by atoms with van der Waals surface area (Å²) in [5.41, 5.74) is 5.39. The van der Waals surface area contributed by atoms with Crippen LogP contribution in [-0.2, 0) is 0 Å². The van der Waals surface area contributed by atoms with Gasteiger partial charge in [-0.3, -0.25) is 0 Å². The zero-order valence-electron chi connectivity index (χ0n) is 12.9. The molecule has 0 fully saturated rings. The van der Waals surface area contributed by atoms with Gasteiger partial charge < -0.3 is 0 Å². The fourth-order valence-electron chi connectivity index (χ4n) is 2.15. The molecule has 0 aliphatic heterocycles. The summed E-state index contributed by atoms with van der Waals surface area (Å²) in [7, 11) is 0. The van der Waals surface area contributed by atoms with Crippen molar-refractivity contribution in [3.05, 3.63) is 46.9 Å². The Bertz CT molecular complexity index is 502. The van der Waals surface area contributed by atoms with Gasteiger partial charge in [0.05, 0.1) is 0 Å². The average molecular weight is 282 g/mol. The molecule has 0 aliphatic carbocycles. The zero-order chi connectivity index (χ0) is 14.8. The van der Waals surface area contributed by atoms with Crippen molar-refractivity contribution in [2.45, 2.75) is 39.9 Å². The Labute approximate surface area is 130 Å². The Hall–Kier alpha value is -0.820. The molecular weight excluding hydrogens is 258 g/mol. The van der Waals surface area contributed by atoms with Crippen LogP contribution >= 0.6 is 12.6 Å². The minimum absolute atomic E-state index is 0.903. The summed E-state index contributed by atoms with van der Waals surface area (Å²) < 4.78 is 0. The number of aryl methyl sites for hydroxylation is 1. The quantitative estimate of drug-likeness (QED) is 0.571. The predicted molar refractivity (Wildman–Crippen MR) is 100 cm³/mol. The number of rotatable bonds is 7. The van der Waals surface area contributed by atoms with Gasteiger partial charge in [0.2, 0.25) is 0 Å². The van der Waals surface area contributed by atoms with E-state index in [-0.39, 0.29) is 0 Å². The Kier molecular flexibility index (Phi) is 8.60. The van der Waals surface area contributed by atoms with Gasteiger partial charge in [-0.2, -0.15) is 0 Å². The molecule has 1 rings (SSSR count). The van der Waals surface area contributed by atoms with Gasteiger partial charge in [0.15, 0.2) is 0 Å². The first-order valence-electron chi connectivity index (χ1n) is 7.43. The van der Waals surface area contributed by atoms with Crippen molar-refractivity contribution in [3.8, 4) is 0 Å². The molecule has 0 saturated heterocycles. The summed E-state index contributed by atoms with van der Waals surface area (Å²) in [5.74, 6) is 5.23. The second-order valence-corrected chi connectivity index (χ2v) is 5.40. The topological polar surface area (TPSA) is 0 Å². The van der Waals surface area contributed by atoms with Crippen LogP contribution in [0.25, 0.3) is 0 Å². The van der Waals surface area contributed by atoms with Crippen molar-refractivity contribution in [3.63, 3.8) is 0 Å². The standard InChI is InChI=1S/C17H24B2S/c1-4-6-17(19-9-5-2)15-7-8-16(14(3)12-15)13-18-10-11-20/h5,7-9,12-13,20H,4,6,10-11H2,1-3H3/b9-5-. The SMILES string of the molecule is C/C=C\B=C(CCC)c1ccc(C=BCCS)c(C)c1. The van der Waals surface area contributed by atoms with E-state index in [4.69, 9.17) is 0 Å². The van der Waals surface area contributed by atoms with E-state index in [9.17, 15) is 0 Å². The van der Waals surface area contributed by atoms with Gasteiger partial charge >= 0.3 is 131 Å². The molecular formula is C17H24B2S. The van der Waals surface area contributed by atoms with Gasteiger partial charge in [0.25, 0.3) is 0 Å². The second kappa shape index (κ2) is 9.99. The molecule has 104 valence electrons. The number of hydrogen-bond donors (Lipinski definition) is 1. The van der Waals surface area contributed by atoms with Gasteiger partial charge in [0, 0.05) is 0 Å². The summed E-state index contributed by atoms with van der Waals surface area (Å²) in [4.78, 5) is 0. The summed E-state index contributed by atoms with van der Waals surface area (Å²) in [6, 6.07) is 6.75. The number of hydrogen-bond acceptors (Lipinski definition) is 1. The molecule has 0 spiro atoms. The van der Waals surface area contributed by atoms with E-state index in [2.05, 4.69) is 83.5 Å². The Morgan fingerprint density at radius 2 is 2.15 bits per heavy atom. The monoisotopic (exact) mass is 282 g/mol. The van der Waals surface area contributed by atoms with Crippen molar-refractivity contribution in [1.82, 2.24) is 0 Å². The molecule has 0 heterocycles. The van der Waals surface area contributed by atoms with E-state index in [1.807, 2.05) is 0 Å². The molecule has 3 heteroatoms. The molecule has 0 N–H and O–H groups in total. The van der Waals surface area contributed by atoms with Crippen LogP contribution in [0.5, 0.6) is 0 Å². The van der Waals surface area contributed by atoms with E-state index in [0.29, 0.717) is 0 Å². The number of allylic oxidation sites excluding steroid dienone is 1. The van der Waals surface area contributed by atoms with Gasteiger partial charge in [-0.1, -0.05) is 0 Å². The fraction of sp³-hybridized carbons (Fsp3) is 0.412. The molecule has 0 aromatic heterocycles. The molecule has 0 bridgehead atoms. The van der Waals surface area contributed by atoms with Gasteiger partial charge in [-0.15, -0.1) is 0 Å². The number of thiol groups is 1. The van der Waals surface area contributed by atoms with Gasteiger partial charge in [0.1, 0.15) is 0 Å². The van der Waals surface area contributed by atoms with Crippen molar-refractivity contribution in [2.24, 2.45) is 0 Å². The number of benzene rings is 1. The van der Waals surface area contributed by atoms with E-state index < -0.39 is 0 Å². The fourth-order valence-corrected chi connectivity index (χ4v) is 2.30. The molecule has 0 saturated carbocycles. The van der Waals surface area contributed by atoms with Crippen LogP contribution in [0.15, 0.2) is 30.3 Å². The third-order valence-electron chi connectivity index (χ3n) is 3.24. The van der Waals surface area contributed by atoms with Gasteiger partial charge in [-0.05, 0) is 0 Å². The maximum absolute atomic E-state index is 4.23. The van der Waals surface area contributed by atoms with Crippen molar-refractivity contribution < 1.29 is 0 Å². The summed E-state index contributed by atoms with van der Waals surface area (Å²) in [5, 5.41) is 0. The maximum atomic E-state index is 4.23. The predicted octanol–water partition coefficient (Wildman–Crippen LogP) is 3.76. The van der Waals surface area contributed by atoms with Crippen LogP contribution in [0, 0.1) is 6.92 Å². The van der Waals surface area contributed by atoms with Gasteiger partial charge in [-0.25, -0.2) is 0 Å². The molecule has 0 radical (unpaired) electrons. The zero-order valence-corrected chi connectivity index (χ0v) is 13.8. The van der Waals surface area contributed by atoms with Crippen LogP contribution < -0.4 is 0 Å². The molecule has 20 heavy (non-hydrogen) atoms. The van der Waals surface area contributed by atoms with E-state index in [1.165, 1.54) is 28.6 Å². The molecule has 0 nitrogen and oxygen atoms in total. The molecule has 0 unspecified atom stereocenters. The summed E-state index contributed by atoms with van der Waals surface area (Å²) in [6.45, 7) is 10.9. The van der Waals surface area contributed by atoms with Crippen LogP contribution in [0.2, 0.25) is 6.32 Å². The Balaban J connectivity index is 2.99. The van der Waals surface area contributed by atoms with Crippen LogP contribution in [0.3, 0.4) is 0 Å². The summed E-state index contributed by atoms with van der Waals surface area (Å²) >= 11 is 4.23. The summed E-state index contributed by atoms with van der Waals surface area (Å²) in [6.07, 6.45) is 5.40. The Morgan fingerprint density at radius 3 is 2.75 bits per heavy atom. The Morgan fingerprint density at radius 1 is 1.35 bits per heavy atom. The second-order valence-electron chi connectivity index (χ2n) is 4.95. The van der Waals surface area contributed by atoms with Crippen molar-refractivity contribution >= 4 is 37.9 Å². The third kappa shape index (κ3) is 5.66. The molecule has 0 aliphatic rings. The van der Waals surface area contributed by atoms with E-state index in [1.54, 1.807) is 0 Å². The normalized spacial score (nSPS) is 11.9. The third-order valence-corrected chi connectivity index (χ3v) is 3.50.